The van der Waals surface area contributed by atoms with Crippen LogP contribution in [0.15, 0.2) is 12.1 Å². The Morgan fingerprint density at radius 2 is 1.77 bits per heavy atom. The maximum absolute atomic E-state index is 13.6. The number of aliphatic carboxylic acids is 1. The molecule has 3 saturated carbocycles. The molecular formula is C30H41N3O6. The molecule has 1 aromatic rings. The second-order valence-corrected chi connectivity index (χ2v) is 13.0. The van der Waals surface area contributed by atoms with Crippen molar-refractivity contribution < 1.29 is 29.0 Å². The van der Waals surface area contributed by atoms with Gasteiger partial charge in [-0.15, -0.1) is 0 Å². The quantitative estimate of drug-likeness (QED) is 0.448. The van der Waals surface area contributed by atoms with Gasteiger partial charge >= 0.3 is 5.97 Å². The fourth-order valence-corrected chi connectivity index (χ4v) is 6.41. The van der Waals surface area contributed by atoms with Gasteiger partial charge in [0, 0.05) is 18.7 Å². The molecule has 4 rings (SSSR count). The Hall–Kier alpha value is -3.28. The average Bonchev–Trinajstić information content (AvgIpc) is 3.50. The molecular weight excluding hydrogens is 498 g/mol. The summed E-state index contributed by atoms with van der Waals surface area (Å²) in [6, 6.07) is 4.89. The SMILES string of the molecule is COc1cc(C#N)c(OC2CCC(C)(C(=O)O)CC2)cc1C(=O)NC1[C@@H]2CC[C@@H](C2)[C@@H]1C(=O)NCC(C)(C)C. The van der Waals surface area contributed by atoms with Gasteiger partial charge in [-0.1, -0.05) is 20.8 Å². The first-order valence-corrected chi connectivity index (χ1v) is 14.0. The topological polar surface area (TPSA) is 138 Å². The summed E-state index contributed by atoms with van der Waals surface area (Å²) in [6.07, 6.45) is 4.67. The lowest BCUT2D eigenvalue weighted by Crippen LogP contribution is -2.50. The number of methoxy groups -OCH3 is 1. The number of ether oxygens (including phenoxy) is 2. The van der Waals surface area contributed by atoms with Gasteiger partial charge < -0.3 is 25.2 Å². The highest BCUT2D eigenvalue weighted by molar-refractivity contribution is 5.98. The van der Waals surface area contributed by atoms with Gasteiger partial charge in [0.15, 0.2) is 0 Å². The number of fused-ring (bicyclic) bond motifs is 2. The third kappa shape index (κ3) is 6.15. The second kappa shape index (κ2) is 11.1. The first-order chi connectivity index (χ1) is 18.3. The lowest BCUT2D eigenvalue weighted by molar-refractivity contribution is -0.150. The maximum atomic E-state index is 13.6. The Morgan fingerprint density at radius 3 is 2.36 bits per heavy atom. The molecule has 0 aliphatic heterocycles. The van der Waals surface area contributed by atoms with Gasteiger partial charge in [0.1, 0.15) is 17.6 Å². The van der Waals surface area contributed by atoms with E-state index in [0.29, 0.717) is 32.2 Å². The van der Waals surface area contributed by atoms with Gasteiger partial charge in [0.25, 0.3) is 5.91 Å². The summed E-state index contributed by atoms with van der Waals surface area (Å²) in [5, 5.41) is 25.5. The molecule has 0 saturated heterocycles. The van der Waals surface area contributed by atoms with Crippen molar-refractivity contribution in [1.29, 1.82) is 5.26 Å². The molecule has 1 unspecified atom stereocenters. The van der Waals surface area contributed by atoms with Gasteiger partial charge in [-0.05, 0) is 75.2 Å². The fraction of sp³-hybridized carbons (Fsp3) is 0.667. The highest BCUT2D eigenvalue weighted by atomic mass is 16.5. The third-order valence-corrected chi connectivity index (χ3v) is 8.82. The first-order valence-electron chi connectivity index (χ1n) is 14.0. The van der Waals surface area contributed by atoms with Crippen LogP contribution in [0.3, 0.4) is 0 Å². The zero-order valence-electron chi connectivity index (χ0n) is 23.6. The van der Waals surface area contributed by atoms with Crippen molar-refractivity contribution in [2.45, 2.75) is 84.8 Å². The van der Waals surface area contributed by atoms with Crippen LogP contribution in [0.2, 0.25) is 0 Å². The van der Waals surface area contributed by atoms with Crippen LogP contribution in [0.25, 0.3) is 0 Å². The smallest absolute Gasteiger partial charge is 0.309 e. The molecule has 3 fully saturated rings. The van der Waals surface area contributed by atoms with E-state index in [-0.39, 0.29) is 69.8 Å². The number of carbonyl (C=O) groups excluding carboxylic acids is 2. The number of hydrogen-bond acceptors (Lipinski definition) is 6. The minimum atomic E-state index is -0.812. The van der Waals surface area contributed by atoms with Crippen LogP contribution in [0.5, 0.6) is 11.5 Å². The number of nitriles is 1. The Morgan fingerprint density at radius 1 is 1.10 bits per heavy atom. The Bertz CT molecular complexity index is 1160. The normalized spacial score (nSPS) is 29.8. The number of carboxylic acid groups (broad SMARTS) is 1. The van der Waals surface area contributed by atoms with E-state index in [9.17, 15) is 24.8 Å². The molecule has 3 N–H and O–H groups in total. The van der Waals surface area contributed by atoms with Crippen LogP contribution in [-0.4, -0.2) is 48.7 Å². The molecule has 3 aliphatic rings. The monoisotopic (exact) mass is 539 g/mol. The number of rotatable bonds is 8. The van der Waals surface area contributed by atoms with Crippen molar-refractivity contribution in [2.24, 2.45) is 28.6 Å². The summed E-state index contributed by atoms with van der Waals surface area (Å²) in [5.41, 5.74) is -0.328. The number of amides is 2. The van der Waals surface area contributed by atoms with E-state index in [0.717, 1.165) is 19.3 Å². The molecule has 3 aliphatic carbocycles. The second-order valence-electron chi connectivity index (χ2n) is 13.0. The molecule has 0 radical (unpaired) electrons. The van der Waals surface area contributed by atoms with Crippen LogP contribution in [-0.2, 0) is 9.59 Å². The Labute approximate surface area is 230 Å². The molecule has 39 heavy (non-hydrogen) atoms. The highest BCUT2D eigenvalue weighted by Gasteiger charge is 2.51. The zero-order chi connectivity index (χ0) is 28.5. The van der Waals surface area contributed by atoms with Gasteiger partial charge in [-0.2, -0.15) is 5.26 Å². The van der Waals surface area contributed by atoms with Gasteiger partial charge in [0.05, 0.1) is 35.7 Å². The van der Waals surface area contributed by atoms with Crippen molar-refractivity contribution in [2.75, 3.05) is 13.7 Å². The minimum Gasteiger partial charge on any atom is -0.496 e. The minimum absolute atomic E-state index is 0.0103. The number of nitrogens with one attached hydrogen (secondary N) is 2. The van der Waals surface area contributed by atoms with Gasteiger partial charge in [-0.3, -0.25) is 14.4 Å². The van der Waals surface area contributed by atoms with Crippen molar-refractivity contribution in [1.82, 2.24) is 10.6 Å². The molecule has 2 bridgehead atoms. The molecule has 2 amide bonds. The Balaban J connectivity index is 1.52. The van der Waals surface area contributed by atoms with Crippen LogP contribution in [0.1, 0.15) is 88.6 Å². The standard InChI is InChI=1S/C30H41N3O6/c1-29(2,3)16-32-27(35)24-17-6-7-18(12-17)25(24)33-26(34)21-14-22(19(15-31)13-23(21)38-5)39-20-8-10-30(4,11-9-20)28(36)37/h13-14,17-18,20,24-25H,6-12,16H2,1-5H3,(H,32,35)(H,33,34)(H,36,37)/t17-,18+,20?,24-,25?,30?/m0/s1. The van der Waals surface area contributed by atoms with E-state index < -0.39 is 11.4 Å². The first kappa shape index (κ1) is 28.7. The van der Waals surface area contributed by atoms with Crippen LogP contribution in [0.4, 0.5) is 0 Å². The number of carboxylic acids is 1. The predicted octanol–water partition coefficient (Wildman–Crippen LogP) is 4.29. The largest absolute Gasteiger partial charge is 0.496 e. The maximum Gasteiger partial charge on any atom is 0.309 e. The van der Waals surface area contributed by atoms with Gasteiger partial charge in [0.2, 0.25) is 5.91 Å². The summed E-state index contributed by atoms with van der Waals surface area (Å²) in [7, 11) is 1.45. The fourth-order valence-electron chi connectivity index (χ4n) is 6.41. The number of carbonyl (C=O) groups is 3. The summed E-state index contributed by atoms with van der Waals surface area (Å²) in [5.74, 6) is -0.428. The van der Waals surface area contributed by atoms with E-state index in [1.165, 1.54) is 13.2 Å². The van der Waals surface area contributed by atoms with E-state index in [1.807, 2.05) is 0 Å². The van der Waals surface area contributed by atoms with Crippen molar-refractivity contribution in [3.05, 3.63) is 23.3 Å². The molecule has 0 aromatic heterocycles. The molecule has 1 aromatic carbocycles. The van der Waals surface area contributed by atoms with E-state index >= 15 is 0 Å². The van der Waals surface area contributed by atoms with Crippen molar-refractivity contribution in [3.8, 4) is 17.6 Å². The van der Waals surface area contributed by atoms with E-state index in [4.69, 9.17) is 9.47 Å². The van der Waals surface area contributed by atoms with Crippen LogP contribution < -0.4 is 20.1 Å². The lowest BCUT2D eigenvalue weighted by Gasteiger charge is -2.34. The number of benzene rings is 1. The molecule has 0 spiro atoms. The summed E-state index contributed by atoms with van der Waals surface area (Å²) < 4.78 is 11.6. The average molecular weight is 540 g/mol. The summed E-state index contributed by atoms with van der Waals surface area (Å²) in [4.78, 5) is 38.4. The number of nitrogens with zero attached hydrogens (tertiary/aromatic N) is 1. The molecule has 4 atom stereocenters. The highest BCUT2D eigenvalue weighted by Crippen LogP contribution is 2.49. The Kier molecular flexibility index (Phi) is 8.15. The molecule has 212 valence electrons. The zero-order valence-corrected chi connectivity index (χ0v) is 23.6. The van der Waals surface area contributed by atoms with Crippen molar-refractivity contribution in [3.63, 3.8) is 0 Å². The summed E-state index contributed by atoms with van der Waals surface area (Å²) in [6.45, 7) is 8.53. The lowest BCUT2D eigenvalue weighted by atomic mass is 9.75. The number of hydrogen-bond donors (Lipinski definition) is 3. The predicted molar refractivity (Wildman–Crippen MR) is 144 cm³/mol. The van der Waals surface area contributed by atoms with Crippen molar-refractivity contribution >= 4 is 17.8 Å². The molecule has 9 nitrogen and oxygen atoms in total. The van der Waals surface area contributed by atoms with Crippen LogP contribution >= 0.6 is 0 Å². The third-order valence-electron chi connectivity index (χ3n) is 8.82. The molecule has 0 heterocycles. The van der Waals surface area contributed by atoms with Crippen LogP contribution in [0, 0.1) is 39.9 Å². The van der Waals surface area contributed by atoms with E-state index in [2.05, 4.69) is 37.5 Å². The van der Waals surface area contributed by atoms with E-state index in [1.54, 1.807) is 13.0 Å². The molecule has 9 heteroatoms. The van der Waals surface area contributed by atoms with Gasteiger partial charge in [-0.25, -0.2) is 0 Å². The summed E-state index contributed by atoms with van der Waals surface area (Å²) >= 11 is 0.